The number of fused-ring (bicyclic) bond motifs is 6. The van der Waals surface area contributed by atoms with Crippen molar-refractivity contribution in [2.24, 2.45) is 0 Å². The van der Waals surface area contributed by atoms with Gasteiger partial charge >= 0.3 is 0 Å². The number of para-hydroxylation sites is 3. The van der Waals surface area contributed by atoms with E-state index in [1.807, 2.05) is 78.9 Å². The van der Waals surface area contributed by atoms with Crippen LogP contribution in [-0.2, 0) is 4.74 Å². The number of hydrogen-bond donors (Lipinski definition) is 2. The topological polar surface area (TPSA) is 66.8 Å². The average molecular weight is 707 g/mol. The molecule has 0 aliphatic carbocycles. The number of ether oxygens (including phenoxy) is 1. The van der Waals surface area contributed by atoms with E-state index >= 15 is 0 Å². The molecule has 55 heavy (non-hydrogen) atoms. The standard InChI is InChI=1S/C50H34N4O/c51-49(55-50(52)42-20-8-7-17-39(42)33-13-3-1-4-14-33)34-23-27-38(28-24-34)54-46-22-12-10-19-41(46)44-32-36(26-30-48(44)54)35-25-29-47-43(31-35)40-18-9-11-21-45(40)53(47)37-15-5-2-6-16-37/h1-32,51-52H. The van der Waals surface area contributed by atoms with Crippen LogP contribution in [0.4, 0.5) is 0 Å². The SMILES string of the molecule is N=C(OC(=N)c1ccccc1-c1ccccc1)c1ccc(-n2c3ccccc3c3cc(-c4ccc5c(c4)c4ccccc4n5-c4ccccc4)ccc32)cc1. The van der Waals surface area contributed by atoms with E-state index in [1.54, 1.807) is 0 Å². The first-order valence-electron chi connectivity index (χ1n) is 18.4. The molecule has 0 amide bonds. The summed E-state index contributed by atoms with van der Waals surface area (Å²) >= 11 is 0. The fourth-order valence-electron chi connectivity index (χ4n) is 7.97. The number of aromatic nitrogens is 2. The summed E-state index contributed by atoms with van der Waals surface area (Å²) in [7, 11) is 0. The van der Waals surface area contributed by atoms with Gasteiger partial charge in [-0.2, -0.15) is 0 Å². The van der Waals surface area contributed by atoms with E-state index in [1.165, 1.54) is 38.1 Å². The zero-order valence-electron chi connectivity index (χ0n) is 29.8. The van der Waals surface area contributed by atoms with Gasteiger partial charge in [0.2, 0.25) is 11.8 Å². The Hall–Kier alpha value is -7.50. The Bertz CT molecular complexity index is 3080. The predicted octanol–water partition coefficient (Wildman–Crippen LogP) is 12.6. The van der Waals surface area contributed by atoms with E-state index < -0.39 is 0 Å². The summed E-state index contributed by atoms with van der Waals surface area (Å²) in [6.07, 6.45) is 0. The molecule has 10 rings (SSSR count). The second kappa shape index (κ2) is 13.2. The number of nitrogens with zero attached hydrogens (tertiary/aromatic N) is 2. The molecule has 0 aliphatic rings. The van der Waals surface area contributed by atoms with Gasteiger partial charge in [-0.1, -0.05) is 115 Å². The Morgan fingerprint density at radius 3 is 1.44 bits per heavy atom. The van der Waals surface area contributed by atoms with Gasteiger partial charge in [0.15, 0.2) is 0 Å². The lowest BCUT2D eigenvalue weighted by Gasteiger charge is -2.13. The molecule has 0 unspecified atom stereocenters. The summed E-state index contributed by atoms with van der Waals surface area (Å²) in [6.45, 7) is 0. The molecule has 0 saturated carbocycles. The third-order valence-electron chi connectivity index (χ3n) is 10.5. The molecular weight excluding hydrogens is 673 g/mol. The number of nitrogens with one attached hydrogen (secondary N) is 2. The van der Waals surface area contributed by atoms with Gasteiger partial charge in [0.1, 0.15) is 0 Å². The van der Waals surface area contributed by atoms with Gasteiger partial charge in [-0.05, 0) is 101 Å². The molecule has 8 aromatic carbocycles. The predicted molar refractivity (Wildman–Crippen MR) is 227 cm³/mol. The first-order chi connectivity index (χ1) is 27.1. The molecule has 2 heterocycles. The largest absolute Gasteiger partial charge is 0.421 e. The monoisotopic (exact) mass is 706 g/mol. The Kier molecular flexibility index (Phi) is 7.70. The maximum atomic E-state index is 8.77. The summed E-state index contributed by atoms with van der Waals surface area (Å²) in [6, 6.07) is 66.7. The van der Waals surface area contributed by atoms with E-state index in [0.717, 1.165) is 39.1 Å². The summed E-state index contributed by atoms with van der Waals surface area (Å²) in [5.41, 5.74) is 12.2. The van der Waals surface area contributed by atoms with Crippen molar-refractivity contribution in [3.05, 3.63) is 205 Å². The highest BCUT2D eigenvalue weighted by atomic mass is 16.5. The quantitative estimate of drug-likeness (QED) is 0.131. The van der Waals surface area contributed by atoms with Crippen molar-refractivity contribution in [2.75, 3.05) is 0 Å². The lowest BCUT2D eigenvalue weighted by atomic mass is 10.00. The Morgan fingerprint density at radius 1 is 0.364 bits per heavy atom. The van der Waals surface area contributed by atoms with Crippen LogP contribution in [0.3, 0.4) is 0 Å². The van der Waals surface area contributed by atoms with E-state index in [4.69, 9.17) is 15.6 Å². The van der Waals surface area contributed by atoms with E-state index in [9.17, 15) is 0 Å². The Balaban J connectivity index is 0.989. The third kappa shape index (κ3) is 5.49. The average Bonchev–Trinajstić information content (AvgIpc) is 3.76. The number of benzene rings is 8. The van der Waals surface area contributed by atoms with Crippen molar-refractivity contribution < 1.29 is 4.74 Å². The molecule has 0 spiro atoms. The van der Waals surface area contributed by atoms with E-state index in [0.29, 0.717) is 11.1 Å². The number of rotatable bonds is 6. The van der Waals surface area contributed by atoms with Gasteiger partial charge < -0.3 is 13.9 Å². The minimum Gasteiger partial charge on any atom is -0.421 e. The number of hydrogen-bond acceptors (Lipinski definition) is 3. The molecule has 0 fully saturated rings. The molecule has 0 atom stereocenters. The van der Waals surface area contributed by atoms with Gasteiger partial charge in [0, 0.05) is 44.0 Å². The summed E-state index contributed by atoms with van der Waals surface area (Å²) < 4.78 is 10.5. The first kappa shape index (κ1) is 32.2. The normalized spacial score (nSPS) is 11.4. The minimum atomic E-state index is -0.0739. The second-order valence-electron chi connectivity index (χ2n) is 13.7. The Morgan fingerprint density at radius 2 is 0.836 bits per heavy atom. The molecular formula is C50H34N4O. The highest BCUT2D eigenvalue weighted by Gasteiger charge is 2.18. The van der Waals surface area contributed by atoms with Crippen molar-refractivity contribution in [3.63, 3.8) is 0 Å². The van der Waals surface area contributed by atoms with Gasteiger partial charge in [0.05, 0.1) is 22.1 Å². The molecule has 2 N–H and O–H groups in total. The van der Waals surface area contributed by atoms with Crippen LogP contribution in [0.2, 0.25) is 0 Å². The lowest BCUT2D eigenvalue weighted by Crippen LogP contribution is -2.14. The molecule has 0 radical (unpaired) electrons. The maximum absolute atomic E-state index is 8.77. The molecule has 0 saturated heterocycles. The van der Waals surface area contributed by atoms with Gasteiger partial charge in [-0.15, -0.1) is 0 Å². The second-order valence-corrected chi connectivity index (χ2v) is 13.7. The van der Waals surface area contributed by atoms with Gasteiger partial charge in [-0.3, -0.25) is 10.8 Å². The van der Waals surface area contributed by atoms with Gasteiger partial charge in [0.25, 0.3) is 0 Å². The minimum absolute atomic E-state index is 0.0622. The molecule has 10 aromatic rings. The zero-order valence-corrected chi connectivity index (χ0v) is 29.8. The smallest absolute Gasteiger partial charge is 0.221 e. The maximum Gasteiger partial charge on any atom is 0.221 e. The third-order valence-corrected chi connectivity index (χ3v) is 10.5. The first-order valence-corrected chi connectivity index (χ1v) is 18.4. The highest BCUT2D eigenvalue weighted by molar-refractivity contribution is 6.13. The van der Waals surface area contributed by atoms with Crippen molar-refractivity contribution in [1.29, 1.82) is 10.8 Å². The van der Waals surface area contributed by atoms with E-state index in [-0.39, 0.29) is 11.8 Å². The van der Waals surface area contributed by atoms with Crippen LogP contribution in [0.5, 0.6) is 0 Å². The fraction of sp³-hybridized carbons (Fsp3) is 0. The molecule has 5 heteroatoms. The van der Waals surface area contributed by atoms with Crippen LogP contribution in [0.15, 0.2) is 194 Å². The van der Waals surface area contributed by atoms with Crippen LogP contribution in [0.1, 0.15) is 11.1 Å². The van der Waals surface area contributed by atoms with Crippen molar-refractivity contribution in [2.45, 2.75) is 0 Å². The van der Waals surface area contributed by atoms with Crippen LogP contribution in [-0.4, -0.2) is 20.9 Å². The summed E-state index contributed by atoms with van der Waals surface area (Å²) in [4.78, 5) is 0. The van der Waals surface area contributed by atoms with Crippen LogP contribution in [0, 0.1) is 10.8 Å². The van der Waals surface area contributed by atoms with Gasteiger partial charge in [-0.25, -0.2) is 0 Å². The molecule has 0 bridgehead atoms. The van der Waals surface area contributed by atoms with E-state index in [2.05, 4.69) is 124 Å². The summed E-state index contributed by atoms with van der Waals surface area (Å²) in [5, 5.41) is 22.3. The highest BCUT2D eigenvalue weighted by Crippen LogP contribution is 2.38. The Labute approximate surface area is 317 Å². The molecule has 5 nitrogen and oxygen atoms in total. The summed E-state index contributed by atoms with van der Waals surface area (Å²) in [5.74, 6) is -0.136. The van der Waals surface area contributed by atoms with Crippen molar-refractivity contribution >= 4 is 55.4 Å². The van der Waals surface area contributed by atoms with Crippen molar-refractivity contribution in [1.82, 2.24) is 9.13 Å². The molecule has 260 valence electrons. The molecule has 0 aliphatic heterocycles. The zero-order chi connectivity index (χ0) is 36.9. The van der Waals surface area contributed by atoms with Crippen LogP contribution < -0.4 is 0 Å². The molecule has 2 aromatic heterocycles. The fourth-order valence-corrected chi connectivity index (χ4v) is 7.97. The van der Waals surface area contributed by atoms with Crippen LogP contribution >= 0.6 is 0 Å². The van der Waals surface area contributed by atoms with Crippen LogP contribution in [0.25, 0.3) is 77.2 Å². The lowest BCUT2D eigenvalue weighted by molar-refractivity contribution is 0.538. The van der Waals surface area contributed by atoms with Crippen molar-refractivity contribution in [3.8, 4) is 33.6 Å².